The molecular weight excluding hydrogens is 238 g/mol. The average Bonchev–Trinajstić information content (AvgIpc) is 2.77. The molecule has 19 heavy (non-hydrogen) atoms. The molecule has 3 heteroatoms. The molecule has 1 aromatic heterocycles. The zero-order valence-corrected chi connectivity index (χ0v) is 11.3. The fraction of sp³-hybridized carbons (Fsp3) is 0.312. The molecule has 1 aromatic carbocycles. The van der Waals surface area contributed by atoms with Crippen molar-refractivity contribution >= 4 is 5.91 Å². The van der Waals surface area contributed by atoms with Crippen molar-refractivity contribution in [1.29, 1.82) is 0 Å². The van der Waals surface area contributed by atoms with Crippen molar-refractivity contribution in [3.63, 3.8) is 0 Å². The molecule has 0 fully saturated rings. The van der Waals surface area contributed by atoms with E-state index in [-0.39, 0.29) is 5.91 Å². The molecule has 98 valence electrons. The minimum Gasteiger partial charge on any atom is -0.456 e. The Labute approximate surface area is 112 Å². The molecule has 0 saturated carbocycles. The molecule has 1 amide bonds. The molecule has 2 heterocycles. The van der Waals surface area contributed by atoms with E-state index in [1.807, 2.05) is 30.9 Å². The maximum absolute atomic E-state index is 12.4. The van der Waals surface area contributed by atoms with Crippen molar-refractivity contribution in [2.45, 2.75) is 26.8 Å². The third-order valence-corrected chi connectivity index (χ3v) is 3.79. The summed E-state index contributed by atoms with van der Waals surface area (Å²) in [5, 5.41) is 0. The van der Waals surface area contributed by atoms with Crippen LogP contribution in [0.2, 0.25) is 0 Å². The lowest BCUT2D eigenvalue weighted by Gasteiger charge is -2.28. The first-order valence-corrected chi connectivity index (χ1v) is 6.58. The first-order chi connectivity index (χ1) is 9.15. The van der Waals surface area contributed by atoms with Crippen molar-refractivity contribution in [2.75, 3.05) is 6.54 Å². The molecule has 3 nitrogen and oxygen atoms in total. The van der Waals surface area contributed by atoms with Gasteiger partial charge in [-0.05, 0) is 43.0 Å². The van der Waals surface area contributed by atoms with Crippen molar-refractivity contribution in [3.8, 4) is 0 Å². The van der Waals surface area contributed by atoms with Crippen LogP contribution in [0.1, 0.15) is 33.0 Å². The maximum Gasteiger partial charge on any atom is 0.289 e. The van der Waals surface area contributed by atoms with E-state index >= 15 is 0 Å². The fourth-order valence-corrected chi connectivity index (χ4v) is 2.50. The van der Waals surface area contributed by atoms with Crippen LogP contribution >= 0.6 is 0 Å². The first-order valence-electron chi connectivity index (χ1n) is 6.58. The Hall–Kier alpha value is -2.03. The predicted octanol–water partition coefficient (Wildman–Crippen LogP) is 3.09. The molecule has 0 unspecified atom stereocenters. The number of hydrogen-bond acceptors (Lipinski definition) is 2. The summed E-state index contributed by atoms with van der Waals surface area (Å²) < 4.78 is 5.53. The molecule has 0 N–H and O–H groups in total. The molecule has 1 aliphatic heterocycles. The number of rotatable bonds is 1. The Morgan fingerprint density at radius 2 is 1.95 bits per heavy atom. The highest BCUT2D eigenvalue weighted by Crippen LogP contribution is 2.22. The van der Waals surface area contributed by atoms with Gasteiger partial charge in [0.25, 0.3) is 5.91 Å². The van der Waals surface area contributed by atoms with Gasteiger partial charge in [0.1, 0.15) is 5.76 Å². The Bertz CT molecular complexity index is 608. The summed E-state index contributed by atoms with van der Waals surface area (Å²) in [6, 6.07) is 10.1. The normalized spacial score (nSPS) is 14.3. The van der Waals surface area contributed by atoms with Crippen molar-refractivity contribution in [2.24, 2.45) is 0 Å². The lowest BCUT2D eigenvalue weighted by Crippen LogP contribution is -2.35. The highest BCUT2D eigenvalue weighted by atomic mass is 16.4. The fourth-order valence-electron chi connectivity index (χ4n) is 2.50. The Kier molecular flexibility index (Phi) is 2.90. The molecule has 0 saturated heterocycles. The highest BCUT2D eigenvalue weighted by molar-refractivity contribution is 5.92. The van der Waals surface area contributed by atoms with Gasteiger partial charge in [-0.15, -0.1) is 0 Å². The molecule has 0 radical (unpaired) electrons. The molecule has 0 bridgehead atoms. The zero-order chi connectivity index (χ0) is 13.4. The van der Waals surface area contributed by atoms with Crippen molar-refractivity contribution in [3.05, 3.63) is 58.5 Å². The van der Waals surface area contributed by atoms with Crippen LogP contribution in [-0.2, 0) is 13.0 Å². The van der Waals surface area contributed by atoms with Crippen LogP contribution in [0.3, 0.4) is 0 Å². The maximum atomic E-state index is 12.4. The van der Waals surface area contributed by atoms with Crippen LogP contribution in [-0.4, -0.2) is 17.4 Å². The average molecular weight is 255 g/mol. The Morgan fingerprint density at radius 1 is 1.21 bits per heavy atom. The Morgan fingerprint density at radius 3 is 2.63 bits per heavy atom. The Balaban J connectivity index is 1.83. The largest absolute Gasteiger partial charge is 0.456 e. The van der Waals surface area contributed by atoms with Crippen LogP contribution < -0.4 is 0 Å². The lowest BCUT2D eigenvalue weighted by molar-refractivity contribution is 0.0701. The number of nitrogens with zero attached hydrogens (tertiary/aromatic N) is 1. The summed E-state index contributed by atoms with van der Waals surface area (Å²) in [5.41, 5.74) is 3.61. The predicted molar refractivity (Wildman–Crippen MR) is 73.1 cm³/mol. The van der Waals surface area contributed by atoms with Crippen LogP contribution in [0.5, 0.6) is 0 Å². The summed E-state index contributed by atoms with van der Waals surface area (Å²) in [5.74, 6) is 1.26. The molecule has 0 spiro atoms. The van der Waals surface area contributed by atoms with Crippen molar-refractivity contribution < 1.29 is 9.21 Å². The van der Waals surface area contributed by atoms with Gasteiger partial charge in [0.15, 0.2) is 5.76 Å². The third kappa shape index (κ3) is 2.16. The quantitative estimate of drug-likeness (QED) is 0.784. The zero-order valence-electron chi connectivity index (χ0n) is 11.3. The second kappa shape index (κ2) is 4.57. The smallest absolute Gasteiger partial charge is 0.289 e. The van der Waals surface area contributed by atoms with Gasteiger partial charge in [0.05, 0.1) is 0 Å². The number of fused-ring (bicyclic) bond motifs is 1. The van der Waals surface area contributed by atoms with Gasteiger partial charge in [-0.2, -0.15) is 0 Å². The minimum absolute atomic E-state index is 0.00861. The lowest BCUT2D eigenvalue weighted by atomic mass is 10.00. The van der Waals surface area contributed by atoms with E-state index in [0.717, 1.165) is 24.3 Å². The van der Waals surface area contributed by atoms with E-state index in [0.29, 0.717) is 12.3 Å². The molecular formula is C16H17NO2. The van der Waals surface area contributed by atoms with E-state index in [1.54, 1.807) is 0 Å². The molecule has 0 aliphatic carbocycles. The molecule has 2 aromatic rings. The molecule has 1 aliphatic rings. The van der Waals surface area contributed by atoms with Crippen molar-refractivity contribution in [1.82, 2.24) is 4.90 Å². The third-order valence-electron chi connectivity index (χ3n) is 3.79. The number of hydrogen-bond donors (Lipinski definition) is 0. The van der Waals surface area contributed by atoms with Gasteiger partial charge in [-0.1, -0.05) is 24.3 Å². The van der Waals surface area contributed by atoms with E-state index < -0.39 is 0 Å². The van der Waals surface area contributed by atoms with Crippen LogP contribution in [0, 0.1) is 13.8 Å². The summed E-state index contributed by atoms with van der Waals surface area (Å²) in [7, 11) is 0. The molecule has 3 rings (SSSR count). The first kappa shape index (κ1) is 12.0. The topological polar surface area (TPSA) is 33.5 Å². The second-order valence-corrected chi connectivity index (χ2v) is 5.10. The minimum atomic E-state index is -0.00861. The standard InChI is InChI=1S/C16H17NO2/c1-11-9-15(19-12(11)2)16(18)17-8-7-13-5-3-4-6-14(13)10-17/h3-6,9H,7-8,10H2,1-2H3. The van der Waals surface area contributed by atoms with E-state index in [9.17, 15) is 4.79 Å². The SMILES string of the molecule is Cc1cc(C(=O)N2CCc3ccccc3C2)oc1C. The van der Waals surface area contributed by atoms with Crippen LogP contribution in [0.4, 0.5) is 0 Å². The number of furan rings is 1. The second-order valence-electron chi connectivity index (χ2n) is 5.10. The molecule has 0 atom stereocenters. The summed E-state index contributed by atoms with van der Waals surface area (Å²) in [6.45, 7) is 5.28. The monoisotopic (exact) mass is 255 g/mol. The van der Waals surface area contributed by atoms with E-state index in [2.05, 4.69) is 18.2 Å². The van der Waals surface area contributed by atoms with Gasteiger partial charge in [0, 0.05) is 13.1 Å². The van der Waals surface area contributed by atoms with Gasteiger partial charge >= 0.3 is 0 Å². The van der Waals surface area contributed by atoms with Gasteiger partial charge in [-0.25, -0.2) is 0 Å². The summed E-state index contributed by atoms with van der Waals surface area (Å²) in [6.07, 6.45) is 0.917. The number of benzene rings is 1. The number of amides is 1. The summed E-state index contributed by atoms with van der Waals surface area (Å²) in [4.78, 5) is 14.3. The summed E-state index contributed by atoms with van der Waals surface area (Å²) >= 11 is 0. The van der Waals surface area contributed by atoms with Crippen LogP contribution in [0.15, 0.2) is 34.7 Å². The number of carbonyl (C=O) groups is 1. The van der Waals surface area contributed by atoms with Crippen LogP contribution in [0.25, 0.3) is 0 Å². The van der Waals surface area contributed by atoms with Gasteiger partial charge in [0.2, 0.25) is 0 Å². The number of aryl methyl sites for hydroxylation is 2. The van der Waals surface area contributed by atoms with E-state index in [4.69, 9.17) is 4.42 Å². The highest BCUT2D eigenvalue weighted by Gasteiger charge is 2.24. The number of carbonyl (C=O) groups excluding carboxylic acids is 1. The van der Waals surface area contributed by atoms with Gasteiger partial charge < -0.3 is 9.32 Å². The van der Waals surface area contributed by atoms with Gasteiger partial charge in [-0.3, -0.25) is 4.79 Å². The van der Waals surface area contributed by atoms with E-state index in [1.165, 1.54) is 11.1 Å².